The summed E-state index contributed by atoms with van der Waals surface area (Å²) >= 11 is 0. The Labute approximate surface area is 99.9 Å². The third-order valence-corrected chi connectivity index (χ3v) is 3.14. The number of carbonyl (C=O) groups excluding carboxylic acids is 1. The van der Waals surface area contributed by atoms with Crippen molar-refractivity contribution in [2.45, 2.75) is 25.8 Å². The predicted molar refractivity (Wildman–Crippen MR) is 63.3 cm³/mol. The summed E-state index contributed by atoms with van der Waals surface area (Å²) in [6.07, 6.45) is 0.376. The van der Waals surface area contributed by atoms with Crippen molar-refractivity contribution in [2.24, 2.45) is 0 Å². The quantitative estimate of drug-likeness (QED) is 0.797. The van der Waals surface area contributed by atoms with Gasteiger partial charge in [-0.1, -0.05) is 29.8 Å². The second kappa shape index (κ2) is 4.57. The Hall–Kier alpha value is -1.84. The van der Waals surface area contributed by atoms with Gasteiger partial charge >= 0.3 is 6.09 Å². The molecule has 1 aromatic rings. The molecule has 0 radical (unpaired) electrons. The Morgan fingerprint density at radius 1 is 1.29 bits per heavy atom. The SMILES string of the molecule is Cc1ccc(C(=O)[C@H]2CCCN2C(=O)O)cc1. The van der Waals surface area contributed by atoms with E-state index < -0.39 is 12.1 Å². The molecule has 4 nitrogen and oxygen atoms in total. The van der Waals surface area contributed by atoms with Gasteiger partial charge in [-0.25, -0.2) is 4.79 Å². The van der Waals surface area contributed by atoms with E-state index in [-0.39, 0.29) is 5.78 Å². The van der Waals surface area contributed by atoms with Gasteiger partial charge in [0.15, 0.2) is 5.78 Å². The third kappa shape index (κ3) is 2.30. The number of hydrogen-bond acceptors (Lipinski definition) is 2. The summed E-state index contributed by atoms with van der Waals surface area (Å²) in [6.45, 7) is 2.41. The Kier molecular flexibility index (Phi) is 3.13. The monoisotopic (exact) mass is 233 g/mol. The molecule has 90 valence electrons. The van der Waals surface area contributed by atoms with E-state index in [2.05, 4.69) is 0 Å². The van der Waals surface area contributed by atoms with Gasteiger partial charge in [-0.3, -0.25) is 9.69 Å². The fourth-order valence-corrected chi connectivity index (χ4v) is 2.18. The maximum atomic E-state index is 12.2. The van der Waals surface area contributed by atoms with Crippen LogP contribution in [0.4, 0.5) is 4.79 Å². The average Bonchev–Trinajstić information content (AvgIpc) is 2.78. The molecule has 1 N–H and O–H groups in total. The standard InChI is InChI=1S/C13H15NO3/c1-9-4-6-10(7-5-9)12(15)11-3-2-8-14(11)13(16)17/h4-7,11H,2-3,8H2,1H3,(H,16,17)/t11-/m1/s1. The van der Waals surface area contributed by atoms with Gasteiger partial charge in [0.05, 0.1) is 6.04 Å². The predicted octanol–water partition coefficient (Wildman–Crippen LogP) is 2.32. The van der Waals surface area contributed by atoms with Crippen molar-refractivity contribution in [1.82, 2.24) is 4.90 Å². The summed E-state index contributed by atoms with van der Waals surface area (Å²) in [5.74, 6) is -0.0927. The molecule has 1 aromatic carbocycles. The summed E-state index contributed by atoms with van der Waals surface area (Å²) in [4.78, 5) is 24.4. The van der Waals surface area contributed by atoms with Crippen LogP contribution >= 0.6 is 0 Å². The van der Waals surface area contributed by atoms with Gasteiger partial charge < -0.3 is 5.11 Å². The fraction of sp³-hybridized carbons (Fsp3) is 0.385. The molecule has 0 saturated carbocycles. The number of Topliss-reactive ketones (excluding diaryl/α,β-unsaturated/α-hetero) is 1. The lowest BCUT2D eigenvalue weighted by molar-refractivity contribution is 0.0845. The van der Waals surface area contributed by atoms with Crippen LogP contribution in [-0.4, -0.2) is 34.5 Å². The molecule has 1 aliphatic rings. The van der Waals surface area contributed by atoms with Crippen LogP contribution in [0.25, 0.3) is 0 Å². The van der Waals surface area contributed by atoms with E-state index in [1.807, 2.05) is 19.1 Å². The Morgan fingerprint density at radius 3 is 2.53 bits per heavy atom. The molecule has 1 amide bonds. The molecule has 1 aliphatic heterocycles. The van der Waals surface area contributed by atoms with Gasteiger partial charge in [-0.05, 0) is 19.8 Å². The molecule has 0 spiro atoms. The van der Waals surface area contributed by atoms with Gasteiger partial charge in [-0.2, -0.15) is 0 Å². The van der Waals surface area contributed by atoms with Gasteiger partial charge in [0.25, 0.3) is 0 Å². The molecular formula is C13H15NO3. The Morgan fingerprint density at radius 2 is 1.94 bits per heavy atom. The minimum absolute atomic E-state index is 0.0927. The number of hydrogen-bond donors (Lipinski definition) is 1. The van der Waals surface area contributed by atoms with E-state index in [0.717, 1.165) is 12.0 Å². The lowest BCUT2D eigenvalue weighted by Crippen LogP contribution is -2.39. The van der Waals surface area contributed by atoms with Crippen molar-refractivity contribution < 1.29 is 14.7 Å². The second-order valence-corrected chi connectivity index (χ2v) is 4.36. The number of likely N-dealkylation sites (tertiary alicyclic amines) is 1. The van der Waals surface area contributed by atoms with Crippen LogP contribution < -0.4 is 0 Å². The number of benzene rings is 1. The summed E-state index contributed by atoms with van der Waals surface area (Å²) in [6, 6.07) is 6.75. The average molecular weight is 233 g/mol. The lowest BCUT2D eigenvalue weighted by Gasteiger charge is -2.20. The van der Waals surface area contributed by atoms with Gasteiger partial charge in [0.1, 0.15) is 0 Å². The summed E-state index contributed by atoms with van der Waals surface area (Å²) in [7, 11) is 0. The zero-order chi connectivity index (χ0) is 12.4. The maximum Gasteiger partial charge on any atom is 0.407 e. The van der Waals surface area contributed by atoms with E-state index in [1.54, 1.807) is 12.1 Å². The van der Waals surface area contributed by atoms with Crippen LogP contribution in [0.5, 0.6) is 0 Å². The van der Waals surface area contributed by atoms with Crippen LogP contribution in [-0.2, 0) is 0 Å². The Bertz CT molecular complexity index is 438. The first kappa shape index (κ1) is 11.6. The van der Waals surface area contributed by atoms with E-state index >= 15 is 0 Å². The Balaban J connectivity index is 2.19. The number of carboxylic acid groups (broad SMARTS) is 1. The van der Waals surface area contributed by atoms with Crippen molar-refractivity contribution in [2.75, 3.05) is 6.54 Å². The highest BCUT2D eigenvalue weighted by Gasteiger charge is 2.34. The molecule has 1 saturated heterocycles. The van der Waals surface area contributed by atoms with Crippen LogP contribution in [0.3, 0.4) is 0 Å². The molecule has 1 heterocycles. The largest absolute Gasteiger partial charge is 0.465 e. The van der Waals surface area contributed by atoms with Gasteiger partial charge in [0, 0.05) is 12.1 Å². The fourth-order valence-electron chi connectivity index (χ4n) is 2.18. The molecule has 1 atom stereocenters. The minimum Gasteiger partial charge on any atom is -0.465 e. The van der Waals surface area contributed by atoms with Crippen molar-refractivity contribution in [1.29, 1.82) is 0 Å². The normalized spacial score (nSPS) is 19.4. The highest BCUT2D eigenvalue weighted by atomic mass is 16.4. The molecule has 4 heteroatoms. The molecular weight excluding hydrogens is 218 g/mol. The summed E-state index contributed by atoms with van der Waals surface area (Å²) in [5.41, 5.74) is 1.68. The summed E-state index contributed by atoms with van der Waals surface area (Å²) < 4.78 is 0. The number of ketones is 1. The van der Waals surface area contributed by atoms with Crippen molar-refractivity contribution >= 4 is 11.9 Å². The lowest BCUT2D eigenvalue weighted by atomic mass is 10.0. The first-order chi connectivity index (χ1) is 8.09. The molecule has 0 aromatic heterocycles. The van der Waals surface area contributed by atoms with Crippen molar-refractivity contribution in [3.8, 4) is 0 Å². The van der Waals surface area contributed by atoms with E-state index in [4.69, 9.17) is 5.11 Å². The summed E-state index contributed by atoms with van der Waals surface area (Å²) in [5, 5.41) is 9.00. The van der Waals surface area contributed by atoms with Gasteiger partial charge in [-0.15, -0.1) is 0 Å². The first-order valence-corrected chi connectivity index (χ1v) is 5.70. The number of nitrogens with zero attached hydrogens (tertiary/aromatic N) is 1. The minimum atomic E-state index is -1.01. The van der Waals surface area contributed by atoms with Crippen LogP contribution in [0.2, 0.25) is 0 Å². The topological polar surface area (TPSA) is 57.6 Å². The molecule has 17 heavy (non-hydrogen) atoms. The number of carbonyl (C=O) groups is 2. The number of rotatable bonds is 2. The van der Waals surface area contributed by atoms with Crippen LogP contribution in [0.1, 0.15) is 28.8 Å². The maximum absolute atomic E-state index is 12.2. The van der Waals surface area contributed by atoms with Gasteiger partial charge in [0.2, 0.25) is 0 Å². The number of amides is 1. The van der Waals surface area contributed by atoms with E-state index in [1.165, 1.54) is 4.90 Å². The zero-order valence-electron chi connectivity index (χ0n) is 9.72. The van der Waals surface area contributed by atoms with Crippen molar-refractivity contribution in [3.05, 3.63) is 35.4 Å². The molecule has 0 aliphatic carbocycles. The smallest absolute Gasteiger partial charge is 0.407 e. The van der Waals surface area contributed by atoms with Crippen LogP contribution in [0, 0.1) is 6.92 Å². The molecule has 0 bridgehead atoms. The molecule has 2 rings (SSSR count). The molecule has 0 unspecified atom stereocenters. The van der Waals surface area contributed by atoms with Crippen LogP contribution in [0.15, 0.2) is 24.3 Å². The van der Waals surface area contributed by atoms with E-state index in [9.17, 15) is 9.59 Å². The van der Waals surface area contributed by atoms with Crippen molar-refractivity contribution in [3.63, 3.8) is 0 Å². The number of aryl methyl sites for hydroxylation is 1. The zero-order valence-corrected chi connectivity index (χ0v) is 9.72. The molecule has 1 fully saturated rings. The third-order valence-electron chi connectivity index (χ3n) is 3.14. The highest BCUT2D eigenvalue weighted by Crippen LogP contribution is 2.21. The van der Waals surface area contributed by atoms with E-state index in [0.29, 0.717) is 18.5 Å². The highest BCUT2D eigenvalue weighted by molar-refractivity contribution is 6.01. The first-order valence-electron chi connectivity index (χ1n) is 5.70. The second-order valence-electron chi connectivity index (χ2n) is 4.36.